The maximum absolute atomic E-state index is 15.3. The van der Waals surface area contributed by atoms with Crippen LogP contribution < -0.4 is 15.4 Å². The Kier molecular flexibility index (Phi) is 9.17. The summed E-state index contributed by atoms with van der Waals surface area (Å²) < 4.78 is 89.0. The van der Waals surface area contributed by atoms with Crippen LogP contribution >= 0.6 is 0 Å². The number of carbonyl (C=O) groups is 3. The van der Waals surface area contributed by atoms with E-state index in [2.05, 4.69) is 10.6 Å². The van der Waals surface area contributed by atoms with Crippen molar-refractivity contribution in [2.45, 2.75) is 49.2 Å². The largest absolute Gasteiger partial charge is 0.501 e. The third-order valence-corrected chi connectivity index (χ3v) is 9.62. The van der Waals surface area contributed by atoms with Gasteiger partial charge in [-0.2, -0.15) is 13.2 Å². The van der Waals surface area contributed by atoms with Crippen molar-refractivity contribution in [2.75, 3.05) is 12.4 Å². The zero-order valence-corrected chi connectivity index (χ0v) is 27.0. The number of esters is 1. The van der Waals surface area contributed by atoms with Crippen molar-refractivity contribution in [3.05, 3.63) is 89.8 Å². The summed E-state index contributed by atoms with van der Waals surface area (Å²) in [6, 6.07) is 11.4. The van der Waals surface area contributed by atoms with Crippen LogP contribution in [0.5, 0.6) is 5.75 Å². The number of sulfone groups is 1. The molecule has 0 spiro atoms. The lowest BCUT2D eigenvalue weighted by atomic mass is 9.87. The number of rotatable bonds is 8. The fourth-order valence-corrected chi connectivity index (χ4v) is 6.76. The second kappa shape index (κ2) is 12.7. The van der Waals surface area contributed by atoms with E-state index in [0.29, 0.717) is 12.0 Å². The van der Waals surface area contributed by atoms with Crippen LogP contribution in [0.3, 0.4) is 0 Å². The molecule has 2 N–H and O–H groups in total. The van der Waals surface area contributed by atoms with E-state index in [1.807, 2.05) is 12.2 Å². The first-order chi connectivity index (χ1) is 22.4. The number of benzene rings is 3. The van der Waals surface area contributed by atoms with Crippen molar-refractivity contribution in [3.8, 4) is 16.9 Å². The molecular formula is C34H32F4N2O7S. The molecule has 2 bridgehead atoms. The van der Waals surface area contributed by atoms with Crippen LogP contribution in [0.25, 0.3) is 11.1 Å². The van der Waals surface area contributed by atoms with Crippen LogP contribution in [0.1, 0.15) is 47.9 Å². The molecular weight excluding hydrogens is 656 g/mol. The number of allylic oxidation sites excluding steroid dienone is 1. The van der Waals surface area contributed by atoms with Gasteiger partial charge in [-0.25, -0.2) is 17.6 Å². The molecule has 14 heteroatoms. The summed E-state index contributed by atoms with van der Waals surface area (Å²) >= 11 is 0. The molecule has 0 aliphatic heterocycles. The summed E-state index contributed by atoms with van der Waals surface area (Å²) in [7, 11) is -4.38. The van der Waals surface area contributed by atoms with Gasteiger partial charge in [0.25, 0.3) is 15.7 Å². The number of anilines is 1. The third kappa shape index (κ3) is 6.93. The SMILES string of the molecule is COc1cc(F)c(-c2ccc(C(=O)OC(C)(C)C)cc2)cc1C(=O)N[C@H]1[C@@H](C(=O)Nc2cccc(S(=O)(=O)C(F)(F)F)c2)[C@@H]2C=C[C@H]1C2. The van der Waals surface area contributed by atoms with Gasteiger partial charge >= 0.3 is 11.5 Å². The van der Waals surface area contributed by atoms with Gasteiger partial charge < -0.3 is 20.1 Å². The number of nitrogens with one attached hydrogen (secondary N) is 2. The Hall–Kier alpha value is -4.72. The summed E-state index contributed by atoms with van der Waals surface area (Å²) in [5.41, 5.74) is -5.75. The molecule has 1 fully saturated rings. The van der Waals surface area contributed by atoms with Crippen LogP contribution in [-0.4, -0.2) is 50.5 Å². The molecule has 0 aromatic heterocycles. The van der Waals surface area contributed by atoms with E-state index in [9.17, 15) is 36.0 Å². The van der Waals surface area contributed by atoms with Gasteiger partial charge in [-0.3, -0.25) is 9.59 Å². The van der Waals surface area contributed by atoms with Gasteiger partial charge in [0.15, 0.2) is 0 Å². The lowest BCUT2D eigenvalue weighted by molar-refractivity contribution is -0.121. The molecule has 0 unspecified atom stereocenters. The van der Waals surface area contributed by atoms with Crippen molar-refractivity contribution in [2.24, 2.45) is 17.8 Å². The fourth-order valence-electron chi connectivity index (χ4n) is 5.95. The Labute approximate surface area is 274 Å². The Morgan fingerprint density at radius 3 is 2.21 bits per heavy atom. The van der Waals surface area contributed by atoms with Crippen LogP contribution in [0.2, 0.25) is 0 Å². The van der Waals surface area contributed by atoms with Crippen molar-refractivity contribution in [1.82, 2.24) is 5.32 Å². The van der Waals surface area contributed by atoms with E-state index in [-0.39, 0.29) is 40.0 Å². The van der Waals surface area contributed by atoms with E-state index in [1.54, 1.807) is 20.8 Å². The van der Waals surface area contributed by atoms with Gasteiger partial charge in [-0.05, 0) is 81.0 Å². The summed E-state index contributed by atoms with van der Waals surface area (Å²) in [6.07, 6.45) is 4.19. The van der Waals surface area contributed by atoms with Crippen molar-refractivity contribution in [3.63, 3.8) is 0 Å². The smallest absolute Gasteiger partial charge is 0.496 e. The first-order valence-electron chi connectivity index (χ1n) is 14.8. The number of hydrogen-bond acceptors (Lipinski definition) is 7. The third-order valence-electron chi connectivity index (χ3n) is 8.14. The normalized spacial score (nSPS) is 20.3. The second-order valence-electron chi connectivity index (χ2n) is 12.6. The second-order valence-corrected chi connectivity index (χ2v) is 14.5. The molecule has 9 nitrogen and oxygen atoms in total. The number of fused-ring (bicyclic) bond motifs is 2. The molecule has 254 valence electrons. The minimum atomic E-state index is -5.64. The monoisotopic (exact) mass is 688 g/mol. The Balaban J connectivity index is 1.38. The number of halogens is 4. The van der Waals surface area contributed by atoms with Gasteiger partial charge in [0, 0.05) is 23.4 Å². The molecule has 3 aromatic carbocycles. The number of alkyl halides is 3. The molecule has 48 heavy (non-hydrogen) atoms. The molecule has 0 heterocycles. The molecule has 0 radical (unpaired) electrons. The highest BCUT2D eigenvalue weighted by atomic mass is 32.2. The predicted molar refractivity (Wildman–Crippen MR) is 167 cm³/mol. The quantitative estimate of drug-likeness (QED) is 0.161. The first kappa shape index (κ1) is 34.6. The lowest BCUT2D eigenvalue weighted by Crippen LogP contribution is -2.47. The predicted octanol–water partition coefficient (Wildman–Crippen LogP) is 6.31. The zero-order chi connectivity index (χ0) is 35.2. The molecule has 2 aliphatic rings. The summed E-state index contributed by atoms with van der Waals surface area (Å²) in [5.74, 6) is -4.02. The van der Waals surface area contributed by atoms with Gasteiger partial charge in [-0.15, -0.1) is 0 Å². The summed E-state index contributed by atoms with van der Waals surface area (Å²) in [5, 5.41) is 5.36. The first-order valence-corrected chi connectivity index (χ1v) is 16.3. The van der Waals surface area contributed by atoms with Gasteiger partial charge in [0.1, 0.15) is 17.2 Å². The minimum Gasteiger partial charge on any atom is -0.496 e. The van der Waals surface area contributed by atoms with Crippen molar-refractivity contribution < 1.29 is 49.8 Å². The van der Waals surface area contributed by atoms with Crippen LogP contribution in [0.4, 0.5) is 23.2 Å². The van der Waals surface area contributed by atoms with Gasteiger partial charge in [0.05, 0.1) is 29.1 Å². The van der Waals surface area contributed by atoms with Crippen molar-refractivity contribution in [1.29, 1.82) is 0 Å². The fraction of sp³-hybridized carbons (Fsp3) is 0.324. The topological polar surface area (TPSA) is 128 Å². The highest BCUT2D eigenvalue weighted by molar-refractivity contribution is 7.92. The molecule has 4 atom stereocenters. The average Bonchev–Trinajstić information content (AvgIpc) is 3.62. The highest BCUT2D eigenvalue weighted by Crippen LogP contribution is 2.45. The van der Waals surface area contributed by atoms with Crippen molar-refractivity contribution >= 4 is 33.3 Å². The minimum absolute atomic E-state index is 0.0268. The van der Waals surface area contributed by atoms with E-state index in [4.69, 9.17) is 9.47 Å². The standard InChI is InChI=1S/C34H32F4N2O7S/c1-33(2,3)47-32(43)19-10-8-18(9-11-19)24-16-25(27(46-4)17-26(24)35)30(41)40-29-21-13-12-20(14-21)28(29)31(42)39-22-6-5-7-23(15-22)48(44,45)34(36,37)38/h5-13,15-17,20-21,28-29H,14H2,1-4H3,(H,39,42)(H,40,41)/t20-,21+,28+,29-/m1/s1. The Morgan fingerprint density at radius 2 is 1.58 bits per heavy atom. The molecule has 2 amide bonds. The number of carbonyl (C=O) groups excluding carboxylic acids is 3. The number of methoxy groups -OCH3 is 1. The summed E-state index contributed by atoms with van der Waals surface area (Å²) in [6.45, 7) is 5.19. The van der Waals surface area contributed by atoms with Gasteiger partial charge in [-0.1, -0.05) is 30.4 Å². The number of hydrogen-bond donors (Lipinski definition) is 2. The maximum Gasteiger partial charge on any atom is 0.501 e. The zero-order valence-electron chi connectivity index (χ0n) is 26.2. The number of amides is 2. The Bertz CT molecular complexity index is 1900. The molecule has 0 saturated heterocycles. The van der Waals surface area contributed by atoms with Crippen LogP contribution in [0.15, 0.2) is 77.7 Å². The van der Waals surface area contributed by atoms with E-state index < -0.39 is 61.4 Å². The molecule has 2 aliphatic carbocycles. The average molecular weight is 689 g/mol. The van der Waals surface area contributed by atoms with E-state index >= 15 is 4.39 Å². The molecule has 3 aromatic rings. The Morgan fingerprint density at radius 1 is 0.917 bits per heavy atom. The van der Waals surface area contributed by atoms with Crippen LogP contribution in [-0.2, 0) is 19.4 Å². The van der Waals surface area contributed by atoms with E-state index in [0.717, 1.165) is 24.3 Å². The summed E-state index contributed by atoms with van der Waals surface area (Å²) in [4.78, 5) is 38.6. The maximum atomic E-state index is 15.3. The van der Waals surface area contributed by atoms with Gasteiger partial charge in [0.2, 0.25) is 5.91 Å². The molecule has 5 rings (SSSR count). The lowest BCUT2D eigenvalue weighted by Gasteiger charge is -2.28. The molecule has 1 saturated carbocycles. The van der Waals surface area contributed by atoms with E-state index in [1.165, 1.54) is 43.5 Å². The van der Waals surface area contributed by atoms with Crippen LogP contribution in [0, 0.1) is 23.6 Å². The number of ether oxygens (including phenoxy) is 2. The highest BCUT2D eigenvalue weighted by Gasteiger charge is 2.49.